The zero-order valence-electron chi connectivity index (χ0n) is 8.94. The Morgan fingerprint density at radius 1 is 1.33 bits per heavy atom. The molecular formula is C11H14N4. The van der Waals surface area contributed by atoms with E-state index in [2.05, 4.69) is 10.1 Å². The maximum absolute atomic E-state index is 5.73. The van der Waals surface area contributed by atoms with Gasteiger partial charge in [0.2, 0.25) is 0 Å². The molecule has 0 aliphatic carbocycles. The monoisotopic (exact) mass is 202 g/mol. The van der Waals surface area contributed by atoms with E-state index < -0.39 is 0 Å². The first-order chi connectivity index (χ1) is 7.24. The molecule has 2 N–H and O–H groups in total. The molecular weight excluding hydrogens is 188 g/mol. The molecule has 0 aromatic carbocycles. The van der Waals surface area contributed by atoms with Gasteiger partial charge < -0.3 is 5.73 Å². The Balaban J connectivity index is 2.62. The SMILES string of the molecule is Cc1nn(C)c(CN)c1-c1ccncc1. The zero-order valence-corrected chi connectivity index (χ0v) is 8.94. The molecule has 0 spiro atoms. The van der Waals surface area contributed by atoms with Gasteiger partial charge in [0.05, 0.1) is 11.4 Å². The van der Waals surface area contributed by atoms with Crippen LogP contribution in [0.1, 0.15) is 11.4 Å². The van der Waals surface area contributed by atoms with E-state index in [1.807, 2.05) is 30.8 Å². The molecule has 0 saturated heterocycles. The first-order valence-corrected chi connectivity index (χ1v) is 4.87. The van der Waals surface area contributed by atoms with E-state index in [4.69, 9.17) is 5.73 Å². The van der Waals surface area contributed by atoms with Crippen LogP contribution in [0.25, 0.3) is 11.1 Å². The van der Waals surface area contributed by atoms with Crippen molar-refractivity contribution in [2.24, 2.45) is 12.8 Å². The van der Waals surface area contributed by atoms with Gasteiger partial charge in [-0.05, 0) is 24.6 Å². The van der Waals surface area contributed by atoms with Gasteiger partial charge in [0.15, 0.2) is 0 Å². The van der Waals surface area contributed by atoms with Gasteiger partial charge >= 0.3 is 0 Å². The lowest BCUT2D eigenvalue weighted by Crippen LogP contribution is -2.05. The number of hydrogen-bond acceptors (Lipinski definition) is 3. The van der Waals surface area contributed by atoms with Crippen molar-refractivity contribution in [2.75, 3.05) is 0 Å². The van der Waals surface area contributed by atoms with Crippen LogP contribution in [-0.4, -0.2) is 14.8 Å². The standard InChI is InChI=1S/C11H14N4/c1-8-11(9-3-5-13-6-4-9)10(7-12)15(2)14-8/h3-6H,7,12H2,1-2H3. The summed E-state index contributed by atoms with van der Waals surface area (Å²) in [5, 5.41) is 4.37. The van der Waals surface area contributed by atoms with Gasteiger partial charge in [0.25, 0.3) is 0 Å². The van der Waals surface area contributed by atoms with E-state index in [1.54, 1.807) is 12.4 Å². The maximum atomic E-state index is 5.73. The number of pyridine rings is 1. The lowest BCUT2D eigenvalue weighted by molar-refractivity contribution is 0.706. The highest BCUT2D eigenvalue weighted by atomic mass is 15.3. The fourth-order valence-corrected chi connectivity index (χ4v) is 1.83. The summed E-state index contributed by atoms with van der Waals surface area (Å²) < 4.78 is 1.84. The molecule has 2 aromatic rings. The van der Waals surface area contributed by atoms with Crippen LogP contribution in [0, 0.1) is 6.92 Å². The topological polar surface area (TPSA) is 56.7 Å². The smallest absolute Gasteiger partial charge is 0.0675 e. The Kier molecular flexibility index (Phi) is 2.51. The van der Waals surface area contributed by atoms with Gasteiger partial charge in [-0.3, -0.25) is 9.67 Å². The molecule has 4 heteroatoms. The molecule has 0 amide bonds. The van der Waals surface area contributed by atoms with Crippen LogP contribution in [-0.2, 0) is 13.6 Å². The molecule has 4 nitrogen and oxygen atoms in total. The first kappa shape index (κ1) is 9.86. The number of nitrogens with zero attached hydrogens (tertiary/aromatic N) is 3. The van der Waals surface area contributed by atoms with Crippen molar-refractivity contribution in [1.29, 1.82) is 0 Å². The third-order valence-corrected chi connectivity index (χ3v) is 2.50. The van der Waals surface area contributed by atoms with Gasteiger partial charge in [-0.1, -0.05) is 0 Å². The zero-order chi connectivity index (χ0) is 10.8. The van der Waals surface area contributed by atoms with Gasteiger partial charge in [-0.2, -0.15) is 5.10 Å². The summed E-state index contributed by atoms with van der Waals surface area (Å²) in [5.74, 6) is 0. The van der Waals surface area contributed by atoms with Crippen molar-refractivity contribution in [3.05, 3.63) is 35.9 Å². The second-order valence-electron chi connectivity index (χ2n) is 3.47. The average Bonchev–Trinajstić information content (AvgIpc) is 2.54. The minimum Gasteiger partial charge on any atom is -0.325 e. The summed E-state index contributed by atoms with van der Waals surface area (Å²) in [5.41, 5.74) is 10.0. The highest BCUT2D eigenvalue weighted by molar-refractivity contribution is 5.68. The molecule has 0 aliphatic heterocycles. The van der Waals surface area contributed by atoms with Gasteiger partial charge in [-0.15, -0.1) is 0 Å². The molecule has 0 atom stereocenters. The van der Waals surface area contributed by atoms with Crippen LogP contribution in [0.15, 0.2) is 24.5 Å². The Morgan fingerprint density at radius 2 is 2.00 bits per heavy atom. The quantitative estimate of drug-likeness (QED) is 0.797. The number of nitrogens with two attached hydrogens (primary N) is 1. The third-order valence-electron chi connectivity index (χ3n) is 2.50. The summed E-state index contributed by atoms with van der Waals surface area (Å²) >= 11 is 0. The molecule has 0 bridgehead atoms. The Morgan fingerprint density at radius 3 is 2.60 bits per heavy atom. The predicted octanol–water partition coefficient (Wildman–Crippen LogP) is 1.25. The number of rotatable bonds is 2. The molecule has 2 heterocycles. The van der Waals surface area contributed by atoms with Crippen molar-refractivity contribution in [2.45, 2.75) is 13.5 Å². The molecule has 78 valence electrons. The summed E-state index contributed by atoms with van der Waals surface area (Å²) in [4.78, 5) is 4.00. The van der Waals surface area contributed by atoms with E-state index in [9.17, 15) is 0 Å². The summed E-state index contributed by atoms with van der Waals surface area (Å²) in [6, 6.07) is 3.95. The lowest BCUT2D eigenvalue weighted by Gasteiger charge is -2.03. The minimum absolute atomic E-state index is 0.495. The van der Waals surface area contributed by atoms with Crippen LogP contribution < -0.4 is 5.73 Å². The Hall–Kier alpha value is -1.68. The van der Waals surface area contributed by atoms with E-state index in [-0.39, 0.29) is 0 Å². The highest BCUT2D eigenvalue weighted by Gasteiger charge is 2.12. The minimum atomic E-state index is 0.495. The molecule has 0 radical (unpaired) electrons. The van der Waals surface area contributed by atoms with Gasteiger partial charge in [0.1, 0.15) is 0 Å². The van der Waals surface area contributed by atoms with Gasteiger partial charge in [-0.25, -0.2) is 0 Å². The van der Waals surface area contributed by atoms with Crippen LogP contribution in [0.5, 0.6) is 0 Å². The Bertz CT molecular complexity index is 459. The summed E-state index contributed by atoms with van der Waals surface area (Å²) in [6.07, 6.45) is 3.56. The van der Waals surface area contributed by atoms with Gasteiger partial charge in [0, 0.05) is 31.5 Å². The lowest BCUT2D eigenvalue weighted by atomic mass is 10.1. The van der Waals surface area contributed by atoms with Crippen molar-refractivity contribution in [1.82, 2.24) is 14.8 Å². The second kappa shape index (κ2) is 3.82. The van der Waals surface area contributed by atoms with Crippen molar-refractivity contribution in [3.8, 4) is 11.1 Å². The first-order valence-electron chi connectivity index (χ1n) is 4.87. The van der Waals surface area contributed by atoms with Crippen molar-refractivity contribution >= 4 is 0 Å². The molecule has 0 aliphatic rings. The number of aromatic nitrogens is 3. The molecule has 0 saturated carbocycles. The van der Waals surface area contributed by atoms with Crippen molar-refractivity contribution in [3.63, 3.8) is 0 Å². The summed E-state index contributed by atoms with van der Waals surface area (Å²) in [7, 11) is 1.92. The van der Waals surface area contributed by atoms with E-state index in [0.717, 1.165) is 22.5 Å². The van der Waals surface area contributed by atoms with Crippen LogP contribution in [0.2, 0.25) is 0 Å². The highest BCUT2D eigenvalue weighted by Crippen LogP contribution is 2.25. The number of hydrogen-bond donors (Lipinski definition) is 1. The van der Waals surface area contributed by atoms with Crippen LogP contribution >= 0.6 is 0 Å². The second-order valence-corrected chi connectivity index (χ2v) is 3.47. The van der Waals surface area contributed by atoms with Crippen LogP contribution in [0.4, 0.5) is 0 Å². The Labute approximate surface area is 88.8 Å². The average molecular weight is 202 g/mol. The van der Waals surface area contributed by atoms with E-state index in [1.165, 1.54) is 0 Å². The molecule has 15 heavy (non-hydrogen) atoms. The maximum Gasteiger partial charge on any atom is 0.0675 e. The predicted molar refractivity (Wildman–Crippen MR) is 59.1 cm³/mol. The molecule has 2 rings (SSSR count). The van der Waals surface area contributed by atoms with Crippen molar-refractivity contribution < 1.29 is 0 Å². The van der Waals surface area contributed by atoms with E-state index >= 15 is 0 Å². The summed E-state index contributed by atoms with van der Waals surface area (Å²) in [6.45, 7) is 2.49. The van der Waals surface area contributed by atoms with Crippen LogP contribution in [0.3, 0.4) is 0 Å². The normalized spacial score (nSPS) is 10.6. The fourth-order valence-electron chi connectivity index (χ4n) is 1.83. The molecule has 2 aromatic heterocycles. The number of aryl methyl sites for hydroxylation is 2. The largest absolute Gasteiger partial charge is 0.325 e. The third kappa shape index (κ3) is 1.64. The molecule has 0 fully saturated rings. The fraction of sp³-hybridized carbons (Fsp3) is 0.273. The van der Waals surface area contributed by atoms with E-state index in [0.29, 0.717) is 6.54 Å². The molecule has 0 unspecified atom stereocenters.